The summed E-state index contributed by atoms with van der Waals surface area (Å²) in [5.74, 6) is -0.242. The van der Waals surface area contributed by atoms with Gasteiger partial charge in [-0.1, -0.05) is 39.4 Å². The zero-order valence-electron chi connectivity index (χ0n) is 13.5. The van der Waals surface area contributed by atoms with Gasteiger partial charge >= 0.3 is 0 Å². The molecule has 0 saturated heterocycles. The smallest absolute Gasteiger partial charge is 0.279 e. The van der Waals surface area contributed by atoms with Gasteiger partial charge in [-0.2, -0.15) is 4.99 Å². The molecule has 0 bridgehead atoms. The van der Waals surface area contributed by atoms with Gasteiger partial charge in [0.25, 0.3) is 5.91 Å². The quantitative estimate of drug-likeness (QED) is 0.568. The fourth-order valence-corrected chi connectivity index (χ4v) is 4.00. The highest BCUT2D eigenvalue weighted by molar-refractivity contribution is 9.10. The minimum atomic E-state index is -0.242. The summed E-state index contributed by atoms with van der Waals surface area (Å²) in [4.78, 5) is 17.6. The molecule has 0 N–H and O–H groups in total. The Morgan fingerprint density at radius 3 is 2.75 bits per heavy atom. The summed E-state index contributed by atoms with van der Waals surface area (Å²) in [6.45, 7) is 8.63. The maximum Gasteiger partial charge on any atom is 0.279 e. The summed E-state index contributed by atoms with van der Waals surface area (Å²) < 4.78 is 4.03. The summed E-state index contributed by atoms with van der Waals surface area (Å²) in [5, 5.41) is 0. The maximum atomic E-state index is 12.5. The van der Waals surface area contributed by atoms with Gasteiger partial charge in [-0.05, 0) is 55.3 Å². The highest BCUT2D eigenvalue weighted by Gasteiger charge is 2.10. The second kappa shape index (κ2) is 6.87. The standard InChI is InChI=1S/C19H17BrN2OS/c1-4-8-22-16-9-12(2)13(3)10-17(16)24-19(22)21-18(23)14-6-5-7-15(20)11-14/h4-7,9-11H,1,8H2,2-3H3. The SMILES string of the molecule is C=CCn1c(=NC(=O)c2cccc(Br)c2)sc2cc(C)c(C)cc21. The van der Waals surface area contributed by atoms with Crippen molar-refractivity contribution in [1.29, 1.82) is 0 Å². The molecule has 0 unspecified atom stereocenters. The van der Waals surface area contributed by atoms with E-state index in [1.54, 1.807) is 12.1 Å². The number of aromatic nitrogens is 1. The van der Waals surface area contributed by atoms with Crippen LogP contribution in [0.15, 0.2) is 58.5 Å². The molecule has 0 radical (unpaired) electrons. The van der Waals surface area contributed by atoms with E-state index in [-0.39, 0.29) is 5.91 Å². The zero-order chi connectivity index (χ0) is 17.3. The summed E-state index contributed by atoms with van der Waals surface area (Å²) >= 11 is 4.92. The lowest BCUT2D eigenvalue weighted by molar-refractivity contribution is 0.0998. The molecule has 3 rings (SSSR count). The Morgan fingerprint density at radius 1 is 1.29 bits per heavy atom. The Hall–Kier alpha value is -1.98. The monoisotopic (exact) mass is 400 g/mol. The van der Waals surface area contributed by atoms with Crippen LogP contribution in [0.3, 0.4) is 0 Å². The molecule has 1 heterocycles. The fourth-order valence-electron chi connectivity index (χ4n) is 2.49. The molecule has 0 saturated carbocycles. The number of aryl methyl sites for hydroxylation is 2. The number of nitrogens with zero attached hydrogens (tertiary/aromatic N) is 2. The minimum Gasteiger partial charge on any atom is -0.312 e. The molecule has 3 nitrogen and oxygen atoms in total. The Bertz CT molecular complexity index is 1010. The Kier molecular flexibility index (Phi) is 4.83. The third kappa shape index (κ3) is 3.28. The number of benzene rings is 2. The van der Waals surface area contributed by atoms with E-state index in [4.69, 9.17) is 0 Å². The van der Waals surface area contributed by atoms with E-state index in [0.717, 1.165) is 14.7 Å². The number of carbonyl (C=O) groups is 1. The van der Waals surface area contributed by atoms with Gasteiger partial charge in [0.15, 0.2) is 4.80 Å². The second-order valence-electron chi connectivity index (χ2n) is 5.62. The van der Waals surface area contributed by atoms with Gasteiger partial charge in [0.1, 0.15) is 0 Å². The van der Waals surface area contributed by atoms with Crippen LogP contribution < -0.4 is 4.80 Å². The Balaban J connectivity index is 2.19. The van der Waals surface area contributed by atoms with E-state index in [2.05, 4.69) is 53.5 Å². The predicted molar refractivity (Wildman–Crippen MR) is 104 cm³/mol. The number of hydrogen-bond donors (Lipinski definition) is 0. The molecule has 1 amide bonds. The van der Waals surface area contributed by atoms with E-state index in [1.807, 2.05) is 22.8 Å². The average molecular weight is 401 g/mol. The third-order valence-electron chi connectivity index (χ3n) is 3.88. The van der Waals surface area contributed by atoms with Crippen LogP contribution in [0, 0.1) is 13.8 Å². The highest BCUT2D eigenvalue weighted by Crippen LogP contribution is 2.22. The highest BCUT2D eigenvalue weighted by atomic mass is 79.9. The van der Waals surface area contributed by atoms with Crippen molar-refractivity contribution in [3.8, 4) is 0 Å². The molecule has 5 heteroatoms. The molecule has 2 aromatic carbocycles. The van der Waals surface area contributed by atoms with Gasteiger partial charge in [0, 0.05) is 16.6 Å². The van der Waals surface area contributed by atoms with Crippen molar-refractivity contribution in [3.63, 3.8) is 0 Å². The van der Waals surface area contributed by atoms with Crippen molar-refractivity contribution >= 4 is 43.4 Å². The predicted octanol–water partition coefficient (Wildman–Crippen LogP) is 5.01. The van der Waals surface area contributed by atoms with E-state index < -0.39 is 0 Å². The molecule has 122 valence electrons. The van der Waals surface area contributed by atoms with Crippen LogP contribution in [0.4, 0.5) is 0 Å². The summed E-state index contributed by atoms with van der Waals surface area (Å²) in [6.07, 6.45) is 1.82. The number of halogens is 1. The number of rotatable bonds is 3. The van der Waals surface area contributed by atoms with Crippen LogP contribution in [-0.4, -0.2) is 10.5 Å². The Morgan fingerprint density at radius 2 is 2.04 bits per heavy atom. The van der Waals surface area contributed by atoms with E-state index >= 15 is 0 Å². The van der Waals surface area contributed by atoms with Gasteiger partial charge in [0.05, 0.1) is 10.2 Å². The number of allylic oxidation sites excluding steroid dienone is 1. The fraction of sp³-hybridized carbons (Fsp3) is 0.158. The van der Waals surface area contributed by atoms with Gasteiger partial charge in [-0.3, -0.25) is 4.79 Å². The molecule has 0 atom stereocenters. The minimum absolute atomic E-state index is 0.242. The number of carbonyl (C=O) groups excluding carboxylic acids is 1. The van der Waals surface area contributed by atoms with E-state index in [0.29, 0.717) is 16.9 Å². The first kappa shape index (κ1) is 16.9. The van der Waals surface area contributed by atoms with Crippen LogP contribution in [0.25, 0.3) is 10.2 Å². The number of fused-ring (bicyclic) bond motifs is 1. The van der Waals surface area contributed by atoms with Crippen molar-refractivity contribution in [2.75, 3.05) is 0 Å². The van der Waals surface area contributed by atoms with Crippen LogP contribution in [-0.2, 0) is 6.54 Å². The van der Waals surface area contributed by atoms with E-state index in [1.165, 1.54) is 22.5 Å². The lowest BCUT2D eigenvalue weighted by Gasteiger charge is -2.04. The lowest BCUT2D eigenvalue weighted by Crippen LogP contribution is -2.16. The largest absolute Gasteiger partial charge is 0.312 e. The molecular weight excluding hydrogens is 384 g/mol. The van der Waals surface area contributed by atoms with Gasteiger partial charge < -0.3 is 4.57 Å². The Labute approximate surface area is 153 Å². The van der Waals surface area contributed by atoms with Gasteiger partial charge in [-0.25, -0.2) is 0 Å². The van der Waals surface area contributed by atoms with Gasteiger partial charge in [-0.15, -0.1) is 6.58 Å². The number of hydrogen-bond acceptors (Lipinski definition) is 2. The normalized spacial score (nSPS) is 11.9. The van der Waals surface area contributed by atoms with Crippen LogP contribution >= 0.6 is 27.3 Å². The number of amides is 1. The van der Waals surface area contributed by atoms with Crippen molar-refractivity contribution in [2.24, 2.45) is 4.99 Å². The molecule has 24 heavy (non-hydrogen) atoms. The summed E-state index contributed by atoms with van der Waals surface area (Å²) in [6, 6.07) is 11.6. The molecule has 0 spiro atoms. The van der Waals surface area contributed by atoms with Crippen molar-refractivity contribution in [3.05, 3.63) is 75.0 Å². The van der Waals surface area contributed by atoms with Crippen molar-refractivity contribution < 1.29 is 4.79 Å². The molecule has 0 aliphatic heterocycles. The first-order valence-electron chi connectivity index (χ1n) is 7.55. The van der Waals surface area contributed by atoms with Crippen molar-refractivity contribution in [1.82, 2.24) is 4.57 Å². The molecule has 0 aliphatic rings. The molecule has 3 aromatic rings. The molecule has 0 aliphatic carbocycles. The third-order valence-corrected chi connectivity index (χ3v) is 5.41. The molecule has 1 aromatic heterocycles. The van der Waals surface area contributed by atoms with Crippen LogP contribution in [0.1, 0.15) is 21.5 Å². The first-order chi connectivity index (χ1) is 11.5. The second-order valence-corrected chi connectivity index (χ2v) is 7.54. The lowest BCUT2D eigenvalue weighted by atomic mass is 10.1. The zero-order valence-corrected chi connectivity index (χ0v) is 15.9. The first-order valence-corrected chi connectivity index (χ1v) is 9.16. The van der Waals surface area contributed by atoms with Gasteiger partial charge in [0.2, 0.25) is 0 Å². The number of thiazole rings is 1. The van der Waals surface area contributed by atoms with Crippen LogP contribution in [0.2, 0.25) is 0 Å². The molecular formula is C19H17BrN2OS. The summed E-state index contributed by atoms with van der Waals surface area (Å²) in [7, 11) is 0. The van der Waals surface area contributed by atoms with E-state index in [9.17, 15) is 4.79 Å². The van der Waals surface area contributed by atoms with Crippen molar-refractivity contribution in [2.45, 2.75) is 20.4 Å². The maximum absolute atomic E-state index is 12.5. The molecule has 0 fully saturated rings. The average Bonchev–Trinajstić information content (AvgIpc) is 2.85. The summed E-state index contributed by atoms with van der Waals surface area (Å²) in [5.41, 5.74) is 4.12. The topological polar surface area (TPSA) is 34.4 Å². The van der Waals surface area contributed by atoms with Crippen LogP contribution in [0.5, 0.6) is 0 Å².